The van der Waals surface area contributed by atoms with E-state index in [0.29, 0.717) is 0 Å². The summed E-state index contributed by atoms with van der Waals surface area (Å²) in [5.41, 5.74) is 8.72. The van der Waals surface area contributed by atoms with Gasteiger partial charge in [-0.25, -0.2) is 0 Å². The van der Waals surface area contributed by atoms with Gasteiger partial charge in [0.25, 0.3) is 0 Å². The Hall–Kier alpha value is -5.80. The number of hydrogen-bond acceptors (Lipinski definition) is 2. The van der Waals surface area contributed by atoms with Crippen LogP contribution in [0, 0.1) is 0 Å². The zero-order chi connectivity index (χ0) is 28.3. The molecule has 0 aliphatic rings. The molecule has 0 aliphatic carbocycles. The van der Waals surface area contributed by atoms with Crippen LogP contribution in [0.15, 0.2) is 162 Å². The summed E-state index contributed by atoms with van der Waals surface area (Å²) < 4.78 is 8.60. The van der Waals surface area contributed by atoms with E-state index in [2.05, 4.69) is 155 Å². The number of furan rings is 1. The molecular weight excluding hydrogens is 524 g/mol. The van der Waals surface area contributed by atoms with Gasteiger partial charge in [0, 0.05) is 44.0 Å². The average Bonchev–Trinajstić information content (AvgIpc) is 3.62. The first-order chi connectivity index (χ1) is 21.3. The molecule has 43 heavy (non-hydrogen) atoms. The summed E-state index contributed by atoms with van der Waals surface area (Å²) in [6, 6.07) is 56.0. The second kappa shape index (κ2) is 9.37. The summed E-state index contributed by atoms with van der Waals surface area (Å²) in [5.74, 6) is 0. The van der Waals surface area contributed by atoms with Crippen molar-refractivity contribution in [3.05, 3.63) is 158 Å². The third-order valence-electron chi connectivity index (χ3n) is 8.56. The molecule has 0 amide bonds. The summed E-state index contributed by atoms with van der Waals surface area (Å²) in [7, 11) is 0. The molecule has 7 aromatic carbocycles. The summed E-state index contributed by atoms with van der Waals surface area (Å²) in [4.78, 5) is 2.38. The fourth-order valence-electron chi connectivity index (χ4n) is 6.72. The van der Waals surface area contributed by atoms with E-state index < -0.39 is 0 Å². The van der Waals surface area contributed by atoms with Crippen LogP contribution in [0.1, 0.15) is 0 Å². The van der Waals surface area contributed by atoms with Crippen molar-refractivity contribution >= 4 is 71.6 Å². The molecule has 0 radical (unpaired) electrons. The van der Waals surface area contributed by atoms with E-state index in [1.54, 1.807) is 0 Å². The average molecular weight is 551 g/mol. The summed E-state index contributed by atoms with van der Waals surface area (Å²) >= 11 is 0. The van der Waals surface area contributed by atoms with Gasteiger partial charge in [-0.2, -0.15) is 0 Å². The zero-order valence-electron chi connectivity index (χ0n) is 23.3. The number of benzene rings is 7. The Morgan fingerprint density at radius 2 is 1.12 bits per heavy atom. The van der Waals surface area contributed by atoms with Gasteiger partial charge in [0.2, 0.25) is 0 Å². The molecule has 0 aliphatic heterocycles. The molecule has 2 heterocycles. The maximum absolute atomic E-state index is 6.24. The molecule has 2 aromatic heterocycles. The number of aromatic nitrogens is 1. The summed E-state index contributed by atoms with van der Waals surface area (Å²) in [5, 5.41) is 7.12. The SMILES string of the molecule is c1ccc(N(c2ccc3c(c2)c2ccccc2n3-c2ccccc2)c2cccc3c2ccc2oc4ccccc4c23)cc1. The molecule has 0 saturated heterocycles. The Balaban J connectivity index is 1.33. The van der Waals surface area contributed by atoms with E-state index in [4.69, 9.17) is 4.42 Å². The molecule has 0 unspecified atom stereocenters. The van der Waals surface area contributed by atoms with Crippen molar-refractivity contribution in [3.63, 3.8) is 0 Å². The molecule has 202 valence electrons. The Labute approximate surface area is 248 Å². The highest BCUT2D eigenvalue weighted by atomic mass is 16.3. The van der Waals surface area contributed by atoms with Crippen LogP contribution in [0.3, 0.4) is 0 Å². The van der Waals surface area contributed by atoms with Crippen LogP contribution in [-0.4, -0.2) is 4.57 Å². The lowest BCUT2D eigenvalue weighted by Gasteiger charge is -2.27. The molecule has 0 saturated carbocycles. The minimum Gasteiger partial charge on any atom is -0.456 e. The third-order valence-corrected chi connectivity index (χ3v) is 8.56. The molecule has 0 bridgehead atoms. The van der Waals surface area contributed by atoms with Gasteiger partial charge in [0.05, 0.1) is 16.7 Å². The van der Waals surface area contributed by atoms with Crippen molar-refractivity contribution in [2.24, 2.45) is 0 Å². The first kappa shape index (κ1) is 23.9. The number of para-hydroxylation sites is 4. The molecule has 0 fully saturated rings. The Kier molecular flexibility index (Phi) is 5.20. The maximum atomic E-state index is 6.24. The molecule has 0 N–H and O–H groups in total. The molecule has 3 nitrogen and oxygen atoms in total. The molecule has 0 atom stereocenters. The van der Waals surface area contributed by atoms with E-state index in [0.717, 1.165) is 44.7 Å². The lowest BCUT2D eigenvalue weighted by Crippen LogP contribution is -2.10. The minimum absolute atomic E-state index is 0.909. The van der Waals surface area contributed by atoms with E-state index in [9.17, 15) is 0 Å². The lowest BCUT2D eigenvalue weighted by molar-refractivity contribution is 0.669. The predicted octanol–water partition coefficient (Wildman–Crippen LogP) is 11.3. The second-order valence-electron chi connectivity index (χ2n) is 11.0. The fourth-order valence-corrected chi connectivity index (χ4v) is 6.72. The minimum atomic E-state index is 0.909. The smallest absolute Gasteiger partial charge is 0.136 e. The largest absolute Gasteiger partial charge is 0.456 e. The predicted molar refractivity (Wildman–Crippen MR) is 180 cm³/mol. The number of anilines is 3. The van der Waals surface area contributed by atoms with Gasteiger partial charge in [0.1, 0.15) is 11.2 Å². The highest BCUT2D eigenvalue weighted by Gasteiger charge is 2.20. The van der Waals surface area contributed by atoms with Gasteiger partial charge in [0.15, 0.2) is 0 Å². The number of nitrogens with zero attached hydrogens (tertiary/aromatic N) is 2. The van der Waals surface area contributed by atoms with Crippen LogP contribution in [0.5, 0.6) is 0 Å². The summed E-state index contributed by atoms with van der Waals surface area (Å²) in [6.45, 7) is 0. The highest BCUT2D eigenvalue weighted by molar-refractivity contribution is 6.21. The van der Waals surface area contributed by atoms with E-state index >= 15 is 0 Å². The van der Waals surface area contributed by atoms with Crippen molar-refractivity contribution < 1.29 is 4.42 Å². The Bertz CT molecular complexity index is 2450. The Morgan fingerprint density at radius 3 is 1.98 bits per heavy atom. The van der Waals surface area contributed by atoms with Crippen LogP contribution in [0.4, 0.5) is 17.1 Å². The molecule has 9 aromatic rings. The van der Waals surface area contributed by atoms with Gasteiger partial charge in [-0.1, -0.05) is 84.9 Å². The van der Waals surface area contributed by atoms with Crippen molar-refractivity contribution in [2.45, 2.75) is 0 Å². The lowest BCUT2D eigenvalue weighted by atomic mass is 10.0. The fraction of sp³-hybridized carbons (Fsp3) is 0. The first-order valence-corrected chi connectivity index (χ1v) is 14.6. The van der Waals surface area contributed by atoms with Crippen LogP contribution in [0.25, 0.3) is 60.2 Å². The van der Waals surface area contributed by atoms with Crippen molar-refractivity contribution in [3.8, 4) is 5.69 Å². The second-order valence-corrected chi connectivity index (χ2v) is 11.0. The van der Waals surface area contributed by atoms with E-state index in [-0.39, 0.29) is 0 Å². The van der Waals surface area contributed by atoms with Crippen molar-refractivity contribution in [2.75, 3.05) is 4.90 Å². The normalized spacial score (nSPS) is 11.7. The van der Waals surface area contributed by atoms with Crippen LogP contribution in [-0.2, 0) is 0 Å². The van der Waals surface area contributed by atoms with Crippen LogP contribution < -0.4 is 4.90 Å². The topological polar surface area (TPSA) is 21.3 Å². The number of hydrogen-bond donors (Lipinski definition) is 0. The van der Waals surface area contributed by atoms with Crippen LogP contribution >= 0.6 is 0 Å². The first-order valence-electron chi connectivity index (χ1n) is 14.6. The van der Waals surface area contributed by atoms with Gasteiger partial charge >= 0.3 is 0 Å². The van der Waals surface area contributed by atoms with Crippen molar-refractivity contribution in [1.82, 2.24) is 4.57 Å². The third kappa shape index (κ3) is 3.62. The maximum Gasteiger partial charge on any atom is 0.136 e. The van der Waals surface area contributed by atoms with E-state index in [1.807, 2.05) is 12.1 Å². The van der Waals surface area contributed by atoms with Gasteiger partial charge < -0.3 is 13.9 Å². The molecule has 9 rings (SSSR count). The monoisotopic (exact) mass is 550 g/mol. The molecule has 3 heteroatoms. The van der Waals surface area contributed by atoms with Gasteiger partial charge in [-0.3, -0.25) is 0 Å². The van der Waals surface area contributed by atoms with Gasteiger partial charge in [-0.15, -0.1) is 0 Å². The zero-order valence-corrected chi connectivity index (χ0v) is 23.3. The van der Waals surface area contributed by atoms with Gasteiger partial charge in [-0.05, 0) is 78.2 Å². The molecule has 0 spiro atoms. The molecular formula is C40H26N2O. The van der Waals surface area contributed by atoms with Crippen molar-refractivity contribution in [1.29, 1.82) is 0 Å². The summed E-state index contributed by atoms with van der Waals surface area (Å²) in [6.07, 6.45) is 0. The number of rotatable bonds is 4. The van der Waals surface area contributed by atoms with E-state index in [1.165, 1.54) is 32.6 Å². The number of fused-ring (bicyclic) bond motifs is 8. The highest BCUT2D eigenvalue weighted by Crippen LogP contribution is 2.44. The van der Waals surface area contributed by atoms with Crippen LogP contribution in [0.2, 0.25) is 0 Å². The standard InChI is InChI=1S/C40H26N2O/c1-3-12-27(13-4-1)41(35-20-11-18-32-31(35)23-25-39-40(32)33-17-8-10-21-38(33)43-39)29-22-24-37-34(26-29)30-16-7-9-19-36(30)42(37)28-14-5-2-6-15-28/h1-26H. The Morgan fingerprint density at radius 1 is 0.419 bits per heavy atom. The quantitative estimate of drug-likeness (QED) is 0.217.